The average Bonchev–Trinajstić information content (AvgIpc) is 1.31. The summed E-state index contributed by atoms with van der Waals surface area (Å²) in [5, 5.41) is 7.12. The molecule has 0 aliphatic carbocycles. The van der Waals surface area contributed by atoms with Crippen molar-refractivity contribution in [1.29, 1.82) is 0 Å². The van der Waals surface area contributed by atoms with E-state index >= 15 is 0 Å². The molecule has 0 rings (SSSR count). The summed E-state index contributed by atoms with van der Waals surface area (Å²) in [6, 6.07) is 0. The van der Waals surface area contributed by atoms with Gasteiger partial charge >= 0.3 is 38.0 Å². The molecule has 6 heteroatoms. The molecule has 0 fully saturated rings. The van der Waals surface area contributed by atoms with Gasteiger partial charge in [0.25, 0.3) is 0 Å². The van der Waals surface area contributed by atoms with Gasteiger partial charge in [-0.2, -0.15) is 13.2 Å². The molecule has 2 nitrogen and oxygen atoms in total. The fraction of sp³-hybridized carbons (Fsp3) is 0.500. The van der Waals surface area contributed by atoms with Gasteiger partial charge in [-0.05, 0) is 0 Å². The Balaban J connectivity index is 0. The molecule has 0 amide bonds. The van der Waals surface area contributed by atoms with E-state index in [2.05, 4.69) is 0 Å². The summed E-state index contributed by atoms with van der Waals surface area (Å²) in [5.41, 5.74) is 0. The molecule has 1 N–H and O–H groups in total. The van der Waals surface area contributed by atoms with E-state index in [1.165, 1.54) is 0 Å². The SMILES string of the molecule is O=C(O)C(F)(F)F.[InH3]. The number of carboxylic acid groups (broad SMARTS) is 1. The van der Waals surface area contributed by atoms with Crippen molar-refractivity contribution in [1.82, 2.24) is 0 Å². The van der Waals surface area contributed by atoms with Crippen LogP contribution in [0, 0.1) is 0 Å². The molecule has 0 radical (unpaired) electrons. The number of aliphatic carboxylic acids is 1. The van der Waals surface area contributed by atoms with Crippen LogP contribution in [0.15, 0.2) is 0 Å². The van der Waals surface area contributed by atoms with E-state index in [4.69, 9.17) is 9.90 Å². The summed E-state index contributed by atoms with van der Waals surface area (Å²) in [4.78, 5) is 8.90. The fourth-order valence-electron chi connectivity index (χ4n) is 0. The third-order valence-electron chi connectivity index (χ3n) is 0.243. The zero-order valence-electron chi connectivity index (χ0n) is 2.99. The molecule has 0 aliphatic heterocycles. The van der Waals surface area contributed by atoms with Gasteiger partial charge in [0.2, 0.25) is 0 Å². The van der Waals surface area contributed by atoms with Crippen molar-refractivity contribution in [3.05, 3.63) is 0 Å². The molecule has 0 saturated heterocycles. The maximum absolute atomic E-state index is 10.6. The molecule has 0 aromatic rings. The Morgan fingerprint density at radius 1 is 1.38 bits per heavy atom. The first-order valence-electron chi connectivity index (χ1n) is 1.24. The Kier molecular flexibility index (Phi) is 4.42. The van der Waals surface area contributed by atoms with Gasteiger partial charge in [-0.25, -0.2) is 4.79 Å². The normalized spacial score (nSPS) is 9.88. The van der Waals surface area contributed by atoms with Crippen LogP contribution in [0.4, 0.5) is 13.2 Å². The van der Waals surface area contributed by atoms with Crippen molar-refractivity contribution in [3.8, 4) is 0 Å². The number of hydrogen-bond donors (Lipinski definition) is 1. The molecule has 8 heavy (non-hydrogen) atoms. The number of carbonyl (C=O) groups is 1. The van der Waals surface area contributed by atoms with E-state index in [0.29, 0.717) is 0 Å². The van der Waals surface area contributed by atoms with E-state index in [9.17, 15) is 13.2 Å². The number of rotatable bonds is 0. The minimum atomic E-state index is -5.08. The molecule has 0 atom stereocenters. The van der Waals surface area contributed by atoms with Gasteiger partial charge in [0.15, 0.2) is 0 Å². The van der Waals surface area contributed by atoms with Crippen LogP contribution in [0.25, 0.3) is 0 Å². The van der Waals surface area contributed by atoms with Crippen molar-refractivity contribution in [2.24, 2.45) is 0 Å². The quantitative estimate of drug-likeness (QED) is 0.608. The Labute approximate surface area is 61.5 Å². The predicted octanol–water partition coefficient (Wildman–Crippen LogP) is -0.551. The molecule has 0 bridgehead atoms. The monoisotopic (exact) mass is 232 g/mol. The van der Waals surface area contributed by atoms with E-state index < -0.39 is 12.1 Å². The van der Waals surface area contributed by atoms with Crippen LogP contribution in [-0.4, -0.2) is 43.1 Å². The molecule has 0 saturated carbocycles. The first-order valence-corrected chi connectivity index (χ1v) is 1.24. The van der Waals surface area contributed by atoms with Crippen LogP contribution in [0.5, 0.6) is 0 Å². The van der Waals surface area contributed by atoms with Crippen molar-refractivity contribution in [2.75, 3.05) is 0 Å². The van der Waals surface area contributed by atoms with E-state index in [-0.39, 0.29) is 25.8 Å². The van der Waals surface area contributed by atoms with Crippen molar-refractivity contribution in [2.45, 2.75) is 6.18 Å². The number of hydrogen-bond acceptors (Lipinski definition) is 1. The van der Waals surface area contributed by atoms with Crippen molar-refractivity contribution < 1.29 is 23.1 Å². The topological polar surface area (TPSA) is 37.3 Å². The van der Waals surface area contributed by atoms with Gasteiger partial charge < -0.3 is 5.11 Å². The van der Waals surface area contributed by atoms with Crippen LogP contribution in [-0.2, 0) is 4.79 Å². The van der Waals surface area contributed by atoms with Gasteiger partial charge in [-0.15, -0.1) is 0 Å². The minimum absolute atomic E-state index is 0. The van der Waals surface area contributed by atoms with Crippen LogP contribution in [0.1, 0.15) is 0 Å². The third-order valence-corrected chi connectivity index (χ3v) is 0.243. The first-order chi connectivity index (χ1) is 2.94. The van der Waals surface area contributed by atoms with Gasteiger partial charge in [-0.3, -0.25) is 0 Å². The van der Waals surface area contributed by atoms with E-state index in [1.54, 1.807) is 0 Å². The van der Waals surface area contributed by atoms with E-state index in [0.717, 1.165) is 0 Å². The zero-order chi connectivity index (χ0) is 6.08. The van der Waals surface area contributed by atoms with Gasteiger partial charge in [0.05, 0.1) is 0 Å². The summed E-state index contributed by atoms with van der Waals surface area (Å²) < 4.78 is 31.7. The second-order valence-electron chi connectivity index (χ2n) is 0.803. The zero-order valence-corrected chi connectivity index (χ0v) is 2.99. The summed E-state index contributed by atoms with van der Waals surface area (Å²) in [6.07, 6.45) is -5.08. The van der Waals surface area contributed by atoms with Crippen LogP contribution < -0.4 is 0 Å². The second kappa shape index (κ2) is 3.21. The first kappa shape index (κ1) is 11.0. The Morgan fingerprint density at radius 2 is 1.50 bits per heavy atom. The number of carboxylic acids is 1. The van der Waals surface area contributed by atoms with Gasteiger partial charge in [-0.1, -0.05) is 0 Å². The Morgan fingerprint density at radius 3 is 1.50 bits per heavy atom. The number of halogens is 3. The van der Waals surface area contributed by atoms with Crippen molar-refractivity contribution >= 4 is 31.8 Å². The summed E-state index contributed by atoms with van der Waals surface area (Å²) in [5.74, 6) is -2.76. The molecular formula is C2H4F3InO2. The predicted molar refractivity (Wildman–Crippen MR) is 23.6 cm³/mol. The van der Waals surface area contributed by atoms with Crippen LogP contribution in [0.2, 0.25) is 0 Å². The summed E-state index contributed by atoms with van der Waals surface area (Å²) in [6.45, 7) is 0. The molecule has 0 aromatic carbocycles. The molecule has 0 unspecified atom stereocenters. The molecular weight excluding hydrogens is 228 g/mol. The molecule has 0 aromatic heterocycles. The molecule has 0 heterocycles. The number of alkyl halides is 3. The molecule has 48 valence electrons. The van der Waals surface area contributed by atoms with Gasteiger partial charge in [0.1, 0.15) is 0 Å². The molecule has 0 spiro atoms. The summed E-state index contributed by atoms with van der Waals surface area (Å²) >= 11 is 0. The Bertz CT molecular complexity index is 87.8. The van der Waals surface area contributed by atoms with Crippen LogP contribution in [0.3, 0.4) is 0 Å². The maximum atomic E-state index is 10.6. The molecule has 0 aliphatic rings. The standard InChI is InChI=1S/C2HF3O2.In.3H/c3-2(4,5)1(6)7;;;;/h(H,6,7);;;;. The Hall–Kier alpha value is 0.130. The summed E-state index contributed by atoms with van der Waals surface area (Å²) in [7, 11) is 0. The fourth-order valence-corrected chi connectivity index (χ4v) is 0. The average molecular weight is 232 g/mol. The second-order valence-corrected chi connectivity index (χ2v) is 0.803. The van der Waals surface area contributed by atoms with E-state index in [1.807, 2.05) is 0 Å². The van der Waals surface area contributed by atoms with Crippen molar-refractivity contribution in [3.63, 3.8) is 0 Å². The third kappa shape index (κ3) is 4.29. The van der Waals surface area contributed by atoms with Crippen LogP contribution >= 0.6 is 0 Å². The van der Waals surface area contributed by atoms with Gasteiger partial charge in [0, 0.05) is 0 Å².